The van der Waals surface area contributed by atoms with Crippen molar-refractivity contribution in [1.82, 2.24) is 4.90 Å². The van der Waals surface area contributed by atoms with E-state index in [1.54, 1.807) is 7.11 Å². The molecule has 0 radical (unpaired) electrons. The molecular formula is C19H29NO2. The number of fused-ring (bicyclic) bond motifs is 1. The van der Waals surface area contributed by atoms with Crippen LogP contribution in [0.4, 0.5) is 0 Å². The molecule has 1 aromatic carbocycles. The smallest absolute Gasteiger partial charge is 0.123 e. The second-order valence-corrected chi connectivity index (χ2v) is 7.37. The van der Waals surface area contributed by atoms with Crippen LogP contribution in [0.1, 0.15) is 62.1 Å². The molecule has 122 valence electrons. The number of hydrogen-bond donors (Lipinski definition) is 1. The first kappa shape index (κ1) is 15.8. The van der Waals surface area contributed by atoms with Crippen molar-refractivity contribution in [2.45, 2.75) is 64.0 Å². The standard InChI is InChI=1S/C19H29NO2/c1-14(2)16-11-15-5-9-20(10-8-19(21)6-4-7-19)13-17(15)18(12-16)22-3/h11-12,14,21H,4-10,13H2,1-3H3. The van der Waals surface area contributed by atoms with Gasteiger partial charge in [-0.25, -0.2) is 0 Å². The van der Waals surface area contributed by atoms with Gasteiger partial charge >= 0.3 is 0 Å². The predicted molar refractivity (Wildman–Crippen MR) is 89.5 cm³/mol. The Balaban J connectivity index is 1.71. The molecular weight excluding hydrogens is 274 g/mol. The van der Waals surface area contributed by atoms with Crippen LogP contribution in [0.15, 0.2) is 12.1 Å². The SMILES string of the molecule is COc1cc(C(C)C)cc2c1CN(CCC1(O)CCC1)CC2. The van der Waals surface area contributed by atoms with Gasteiger partial charge in [-0.3, -0.25) is 4.90 Å². The summed E-state index contributed by atoms with van der Waals surface area (Å²) in [5.41, 5.74) is 3.79. The zero-order valence-electron chi connectivity index (χ0n) is 14.2. The number of nitrogens with zero attached hydrogens (tertiary/aromatic N) is 1. The van der Waals surface area contributed by atoms with Crippen LogP contribution in [0.2, 0.25) is 0 Å². The van der Waals surface area contributed by atoms with Crippen LogP contribution in [-0.2, 0) is 13.0 Å². The molecule has 1 aliphatic heterocycles. The third-order valence-electron chi connectivity index (χ3n) is 5.47. The van der Waals surface area contributed by atoms with E-state index >= 15 is 0 Å². The number of ether oxygens (including phenoxy) is 1. The molecule has 3 rings (SSSR count). The molecule has 0 atom stereocenters. The van der Waals surface area contributed by atoms with Gasteiger partial charge in [0, 0.05) is 25.2 Å². The average Bonchev–Trinajstić information content (AvgIpc) is 2.49. The van der Waals surface area contributed by atoms with Gasteiger partial charge in [-0.1, -0.05) is 19.9 Å². The Labute approximate surface area is 134 Å². The summed E-state index contributed by atoms with van der Waals surface area (Å²) in [6.45, 7) is 7.50. The molecule has 0 spiro atoms. The van der Waals surface area contributed by atoms with Crippen molar-refractivity contribution in [3.05, 3.63) is 28.8 Å². The first-order valence-corrected chi connectivity index (χ1v) is 8.65. The lowest BCUT2D eigenvalue weighted by molar-refractivity contribution is -0.0470. The maximum Gasteiger partial charge on any atom is 0.123 e. The Morgan fingerprint density at radius 2 is 2.09 bits per heavy atom. The summed E-state index contributed by atoms with van der Waals surface area (Å²) < 4.78 is 5.65. The summed E-state index contributed by atoms with van der Waals surface area (Å²) in [5, 5.41) is 10.3. The van der Waals surface area contributed by atoms with Crippen LogP contribution < -0.4 is 4.74 Å². The van der Waals surface area contributed by atoms with Gasteiger partial charge in [-0.15, -0.1) is 0 Å². The number of hydrogen-bond acceptors (Lipinski definition) is 3. The van der Waals surface area contributed by atoms with Gasteiger partial charge in [0.1, 0.15) is 5.75 Å². The van der Waals surface area contributed by atoms with Gasteiger partial charge in [0.25, 0.3) is 0 Å². The van der Waals surface area contributed by atoms with Crippen LogP contribution in [0.5, 0.6) is 5.75 Å². The fourth-order valence-electron chi connectivity index (χ4n) is 3.62. The van der Waals surface area contributed by atoms with Crippen molar-refractivity contribution >= 4 is 0 Å². The molecule has 3 heteroatoms. The van der Waals surface area contributed by atoms with E-state index in [4.69, 9.17) is 4.74 Å². The minimum Gasteiger partial charge on any atom is -0.496 e. The highest BCUT2D eigenvalue weighted by atomic mass is 16.5. The molecule has 22 heavy (non-hydrogen) atoms. The van der Waals surface area contributed by atoms with Gasteiger partial charge in [-0.2, -0.15) is 0 Å². The fourth-order valence-corrected chi connectivity index (χ4v) is 3.62. The van der Waals surface area contributed by atoms with E-state index in [0.29, 0.717) is 5.92 Å². The number of benzene rings is 1. The van der Waals surface area contributed by atoms with Crippen molar-refractivity contribution < 1.29 is 9.84 Å². The fraction of sp³-hybridized carbons (Fsp3) is 0.684. The van der Waals surface area contributed by atoms with Crippen molar-refractivity contribution in [3.63, 3.8) is 0 Å². The van der Waals surface area contributed by atoms with E-state index < -0.39 is 0 Å². The molecule has 1 N–H and O–H groups in total. The molecule has 2 aliphatic rings. The number of methoxy groups -OCH3 is 1. The Bertz CT molecular complexity index is 517. The summed E-state index contributed by atoms with van der Waals surface area (Å²) in [6, 6.07) is 4.56. The minimum atomic E-state index is -0.369. The zero-order valence-corrected chi connectivity index (χ0v) is 14.2. The highest BCUT2D eigenvalue weighted by Gasteiger charge is 2.34. The summed E-state index contributed by atoms with van der Waals surface area (Å²) >= 11 is 0. The van der Waals surface area contributed by atoms with Crippen LogP contribution >= 0.6 is 0 Å². The second-order valence-electron chi connectivity index (χ2n) is 7.37. The average molecular weight is 303 g/mol. The summed E-state index contributed by atoms with van der Waals surface area (Å²) in [6.07, 6.45) is 5.15. The van der Waals surface area contributed by atoms with Crippen molar-refractivity contribution in [1.29, 1.82) is 0 Å². The molecule has 0 bridgehead atoms. The molecule has 1 fully saturated rings. The largest absolute Gasteiger partial charge is 0.496 e. The van der Waals surface area contributed by atoms with E-state index in [1.807, 2.05) is 0 Å². The number of aliphatic hydroxyl groups is 1. The molecule has 0 unspecified atom stereocenters. The molecule has 1 saturated carbocycles. The topological polar surface area (TPSA) is 32.7 Å². The van der Waals surface area contributed by atoms with Crippen LogP contribution in [0.3, 0.4) is 0 Å². The lowest BCUT2D eigenvalue weighted by atomic mass is 9.78. The zero-order chi connectivity index (χ0) is 15.7. The highest BCUT2D eigenvalue weighted by Crippen LogP contribution is 2.36. The van der Waals surface area contributed by atoms with Gasteiger partial charge in [0.15, 0.2) is 0 Å². The van der Waals surface area contributed by atoms with Crippen molar-refractivity contribution in [2.24, 2.45) is 0 Å². The molecule has 0 aromatic heterocycles. The van der Waals surface area contributed by atoms with Gasteiger partial charge in [-0.05, 0) is 55.2 Å². The summed E-state index contributed by atoms with van der Waals surface area (Å²) in [5.74, 6) is 1.57. The minimum absolute atomic E-state index is 0.369. The molecule has 1 aliphatic carbocycles. The van der Waals surface area contributed by atoms with Crippen molar-refractivity contribution in [2.75, 3.05) is 20.2 Å². The quantitative estimate of drug-likeness (QED) is 0.904. The Kier molecular flexibility index (Phi) is 4.47. The van der Waals surface area contributed by atoms with Crippen LogP contribution in [0.25, 0.3) is 0 Å². The monoisotopic (exact) mass is 303 g/mol. The van der Waals surface area contributed by atoms with Crippen LogP contribution in [-0.4, -0.2) is 35.8 Å². The van der Waals surface area contributed by atoms with Gasteiger partial charge in [0.2, 0.25) is 0 Å². The maximum absolute atomic E-state index is 10.3. The van der Waals surface area contributed by atoms with Crippen LogP contribution in [0, 0.1) is 0 Å². The molecule has 3 nitrogen and oxygen atoms in total. The molecule has 1 aromatic rings. The first-order chi connectivity index (χ1) is 10.5. The predicted octanol–water partition coefficient (Wildman–Crippen LogP) is 3.48. The maximum atomic E-state index is 10.3. The van der Waals surface area contributed by atoms with E-state index in [2.05, 4.69) is 30.9 Å². The van der Waals surface area contributed by atoms with E-state index in [9.17, 15) is 5.11 Å². The Morgan fingerprint density at radius 1 is 1.32 bits per heavy atom. The number of rotatable bonds is 5. The lowest BCUT2D eigenvalue weighted by Crippen LogP contribution is -2.41. The summed E-state index contributed by atoms with van der Waals surface area (Å²) in [4.78, 5) is 2.47. The molecule has 0 saturated heterocycles. The normalized spacial score (nSPS) is 20.6. The summed E-state index contributed by atoms with van der Waals surface area (Å²) in [7, 11) is 1.77. The third kappa shape index (κ3) is 3.16. The first-order valence-electron chi connectivity index (χ1n) is 8.65. The van der Waals surface area contributed by atoms with E-state index in [1.165, 1.54) is 23.1 Å². The third-order valence-corrected chi connectivity index (χ3v) is 5.47. The Hall–Kier alpha value is -1.06. The van der Waals surface area contributed by atoms with E-state index in [0.717, 1.165) is 51.1 Å². The second kappa shape index (κ2) is 6.21. The molecule has 0 amide bonds. The van der Waals surface area contributed by atoms with Crippen molar-refractivity contribution in [3.8, 4) is 5.75 Å². The molecule has 1 heterocycles. The lowest BCUT2D eigenvalue weighted by Gasteiger charge is -2.39. The highest BCUT2D eigenvalue weighted by molar-refractivity contribution is 5.46. The van der Waals surface area contributed by atoms with Gasteiger partial charge in [0.05, 0.1) is 12.7 Å². The Morgan fingerprint density at radius 3 is 2.68 bits per heavy atom. The van der Waals surface area contributed by atoms with Gasteiger partial charge < -0.3 is 9.84 Å². The van der Waals surface area contributed by atoms with E-state index in [-0.39, 0.29) is 5.60 Å².